The summed E-state index contributed by atoms with van der Waals surface area (Å²) in [5.41, 5.74) is 0. The Morgan fingerprint density at radius 2 is 2.00 bits per heavy atom. The third kappa shape index (κ3) is 5.73. The van der Waals surface area contributed by atoms with E-state index >= 15 is 0 Å². The van der Waals surface area contributed by atoms with Gasteiger partial charge < -0.3 is 19.6 Å². The number of aliphatic hydroxyl groups excluding tert-OH is 1. The van der Waals surface area contributed by atoms with Crippen LogP contribution in [0.15, 0.2) is 29.2 Å². The van der Waals surface area contributed by atoms with Gasteiger partial charge in [0.25, 0.3) is 0 Å². The van der Waals surface area contributed by atoms with E-state index < -0.39 is 28.0 Å². The molecule has 0 bridgehead atoms. The molecule has 0 aromatic heterocycles. The van der Waals surface area contributed by atoms with Gasteiger partial charge in [0.05, 0.1) is 36.2 Å². The summed E-state index contributed by atoms with van der Waals surface area (Å²) < 4.78 is 46.8. The standard InChI is InChI=1S/C19H28FN3O5S/c1-22-7-9-23(10-8-22)19(25)12-15-5-6-17(18(13-24)28-15)21-29(26,27)16-4-2-3-14(20)11-16/h2-4,11,15,17-18,21,24H,5-10,12-13H2,1H3/t15-,17-,18-/m0/s1. The highest BCUT2D eigenvalue weighted by Gasteiger charge is 2.35. The topological polar surface area (TPSA) is 99.2 Å². The smallest absolute Gasteiger partial charge is 0.241 e. The number of amides is 1. The van der Waals surface area contributed by atoms with Gasteiger partial charge in [0.15, 0.2) is 0 Å². The van der Waals surface area contributed by atoms with E-state index in [1.54, 1.807) is 0 Å². The number of aliphatic hydroxyl groups is 1. The molecule has 2 heterocycles. The normalized spacial score (nSPS) is 26.4. The molecular weight excluding hydrogens is 401 g/mol. The van der Waals surface area contributed by atoms with Crippen molar-refractivity contribution in [1.29, 1.82) is 0 Å². The molecule has 1 amide bonds. The summed E-state index contributed by atoms with van der Waals surface area (Å²) in [5.74, 6) is -0.632. The van der Waals surface area contributed by atoms with Gasteiger partial charge in [0.2, 0.25) is 15.9 Å². The molecule has 2 aliphatic rings. The predicted octanol–water partition coefficient (Wildman–Crippen LogP) is 0.177. The fourth-order valence-corrected chi connectivity index (χ4v) is 5.03. The summed E-state index contributed by atoms with van der Waals surface area (Å²) in [6.45, 7) is 2.65. The zero-order chi connectivity index (χ0) is 21.0. The number of carbonyl (C=O) groups is 1. The van der Waals surface area contributed by atoms with Crippen LogP contribution < -0.4 is 4.72 Å². The molecule has 0 radical (unpaired) electrons. The van der Waals surface area contributed by atoms with Crippen molar-refractivity contribution in [2.24, 2.45) is 0 Å². The molecule has 3 atom stereocenters. The van der Waals surface area contributed by atoms with E-state index in [2.05, 4.69) is 9.62 Å². The molecule has 0 aliphatic carbocycles. The lowest BCUT2D eigenvalue weighted by molar-refractivity contribution is -0.141. The highest BCUT2D eigenvalue weighted by Crippen LogP contribution is 2.24. The predicted molar refractivity (Wildman–Crippen MR) is 104 cm³/mol. The van der Waals surface area contributed by atoms with Crippen LogP contribution in [-0.2, 0) is 19.6 Å². The first-order valence-electron chi connectivity index (χ1n) is 9.79. The number of halogens is 1. The molecule has 0 unspecified atom stereocenters. The van der Waals surface area contributed by atoms with E-state index in [-0.39, 0.29) is 29.9 Å². The van der Waals surface area contributed by atoms with Crippen LogP contribution >= 0.6 is 0 Å². The summed E-state index contributed by atoms with van der Waals surface area (Å²) in [7, 11) is -1.93. The van der Waals surface area contributed by atoms with Gasteiger partial charge in [-0.1, -0.05) is 6.07 Å². The Hall–Kier alpha value is -1.59. The fraction of sp³-hybridized carbons (Fsp3) is 0.632. The van der Waals surface area contributed by atoms with Gasteiger partial charge in [-0.2, -0.15) is 0 Å². The lowest BCUT2D eigenvalue weighted by Gasteiger charge is -2.37. The summed E-state index contributed by atoms with van der Waals surface area (Å²) in [6, 6.07) is 4.09. The van der Waals surface area contributed by atoms with Gasteiger partial charge in [-0.25, -0.2) is 17.5 Å². The van der Waals surface area contributed by atoms with E-state index in [4.69, 9.17) is 4.74 Å². The molecule has 162 valence electrons. The van der Waals surface area contributed by atoms with Crippen LogP contribution in [0.3, 0.4) is 0 Å². The van der Waals surface area contributed by atoms with Gasteiger partial charge >= 0.3 is 0 Å². The number of rotatable bonds is 6. The molecule has 0 spiro atoms. The molecule has 2 fully saturated rings. The van der Waals surface area contributed by atoms with Crippen LogP contribution in [0, 0.1) is 5.82 Å². The van der Waals surface area contributed by atoms with E-state index in [1.165, 1.54) is 18.2 Å². The van der Waals surface area contributed by atoms with E-state index in [1.807, 2.05) is 11.9 Å². The second-order valence-electron chi connectivity index (χ2n) is 7.63. The highest BCUT2D eigenvalue weighted by molar-refractivity contribution is 7.89. The number of hydrogen-bond donors (Lipinski definition) is 2. The van der Waals surface area contributed by atoms with Crippen molar-refractivity contribution in [1.82, 2.24) is 14.5 Å². The van der Waals surface area contributed by atoms with Gasteiger partial charge in [0, 0.05) is 26.2 Å². The molecule has 3 rings (SSSR count). The monoisotopic (exact) mass is 429 g/mol. The SMILES string of the molecule is CN1CCN(C(=O)C[C@@H]2CC[C@H](NS(=O)(=O)c3cccc(F)c3)[C@H](CO)O2)CC1. The summed E-state index contributed by atoms with van der Waals surface area (Å²) in [5, 5.41) is 9.68. The minimum atomic E-state index is -3.95. The Labute approximate surface area is 170 Å². The van der Waals surface area contributed by atoms with Crippen molar-refractivity contribution in [2.45, 2.75) is 42.4 Å². The Balaban J connectivity index is 1.57. The van der Waals surface area contributed by atoms with Crippen molar-refractivity contribution in [3.8, 4) is 0 Å². The minimum Gasteiger partial charge on any atom is -0.394 e. The summed E-state index contributed by atoms with van der Waals surface area (Å²) in [6.07, 6.45) is -0.0114. The number of sulfonamides is 1. The second-order valence-corrected chi connectivity index (χ2v) is 9.34. The number of carbonyl (C=O) groups excluding carboxylic acids is 1. The number of nitrogens with zero attached hydrogens (tertiary/aromatic N) is 2. The average molecular weight is 430 g/mol. The number of ether oxygens (including phenoxy) is 1. The van der Waals surface area contributed by atoms with Crippen LogP contribution in [0.25, 0.3) is 0 Å². The molecule has 2 aliphatic heterocycles. The van der Waals surface area contributed by atoms with Crippen molar-refractivity contribution in [3.05, 3.63) is 30.1 Å². The number of nitrogens with one attached hydrogen (secondary N) is 1. The van der Waals surface area contributed by atoms with E-state index in [0.717, 1.165) is 19.2 Å². The summed E-state index contributed by atoms with van der Waals surface area (Å²) in [4.78, 5) is 16.3. The molecule has 1 aromatic carbocycles. The molecule has 1 aromatic rings. The van der Waals surface area contributed by atoms with Crippen LogP contribution in [0.1, 0.15) is 19.3 Å². The zero-order valence-electron chi connectivity index (χ0n) is 16.5. The maximum Gasteiger partial charge on any atom is 0.241 e. The maximum atomic E-state index is 13.4. The molecule has 0 saturated carbocycles. The first-order chi connectivity index (χ1) is 13.8. The van der Waals surface area contributed by atoms with Crippen molar-refractivity contribution in [2.75, 3.05) is 39.8 Å². The lowest BCUT2D eigenvalue weighted by atomic mass is 9.97. The van der Waals surface area contributed by atoms with Crippen LogP contribution in [0.2, 0.25) is 0 Å². The van der Waals surface area contributed by atoms with E-state index in [0.29, 0.717) is 25.9 Å². The summed E-state index contributed by atoms with van der Waals surface area (Å²) >= 11 is 0. The number of likely N-dealkylation sites (N-methyl/N-ethyl adjacent to an activating group) is 1. The first-order valence-corrected chi connectivity index (χ1v) is 11.3. The zero-order valence-corrected chi connectivity index (χ0v) is 17.3. The highest BCUT2D eigenvalue weighted by atomic mass is 32.2. The van der Waals surface area contributed by atoms with Crippen LogP contribution in [0.5, 0.6) is 0 Å². The van der Waals surface area contributed by atoms with Crippen molar-refractivity contribution < 1.29 is 27.4 Å². The fourth-order valence-electron chi connectivity index (χ4n) is 3.70. The van der Waals surface area contributed by atoms with Crippen molar-refractivity contribution in [3.63, 3.8) is 0 Å². The molecule has 10 heteroatoms. The largest absolute Gasteiger partial charge is 0.394 e. The first kappa shape index (κ1) is 22.1. The molecular formula is C19H28FN3O5S. The van der Waals surface area contributed by atoms with Crippen LogP contribution in [-0.4, -0.2) is 87.3 Å². The third-order valence-corrected chi connectivity index (χ3v) is 6.95. The van der Waals surface area contributed by atoms with Crippen molar-refractivity contribution >= 4 is 15.9 Å². The lowest BCUT2D eigenvalue weighted by Crippen LogP contribution is -2.52. The third-order valence-electron chi connectivity index (χ3n) is 5.47. The number of piperazine rings is 1. The van der Waals surface area contributed by atoms with Gasteiger partial charge in [-0.3, -0.25) is 4.79 Å². The van der Waals surface area contributed by atoms with E-state index in [9.17, 15) is 22.7 Å². The quantitative estimate of drug-likeness (QED) is 0.669. The Morgan fingerprint density at radius 3 is 2.66 bits per heavy atom. The van der Waals surface area contributed by atoms with Gasteiger partial charge in [-0.05, 0) is 38.1 Å². The minimum absolute atomic E-state index is 0.0126. The van der Waals surface area contributed by atoms with Gasteiger partial charge in [-0.15, -0.1) is 0 Å². The molecule has 2 N–H and O–H groups in total. The average Bonchev–Trinajstić information content (AvgIpc) is 2.69. The second kappa shape index (κ2) is 9.48. The molecule has 8 nitrogen and oxygen atoms in total. The van der Waals surface area contributed by atoms with Gasteiger partial charge in [0.1, 0.15) is 5.82 Å². The number of hydrogen-bond acceptors (Lipinski definition) is 6. The molecule has 2 saturated heterocycles. The number of benzene rings is 1. The Bertz CT molecular complexity index is 814. The molecule has 29 heavy (non-hydrogen) atoms. The Kier molecular flexibility index (Phi) is 7.23. The maximum absolute atomic E-state index is 13.4. The van der Waals surface area contributed by atoms with Crippen LogP contribution in [0.4, 0.5) is 4.39 Å². The Morgan fingerprint density at radius 1 is 1.28 bits per heavy atom.